The molecule has 0 saturated carbocycles. The maximum absolute atomic E-state index is 12.2. The van der Waals surface area contributed by atoms with Crippen molar-refractivity contribution in [3.05, 3.63) is 63.7 Å². The largest absolute Gasteiger partial charge is 0.507 e. The molecule has 0 spiro atoms. The summed E-state index contributed by atoms with van der Waals surface area (Å²) in [5, 5.41) is 16.4. The van der Waals surface area contributed by atoms with Gasteiger partial charge in [-0.2, -0.15) is 0 Å². The van der Waals surface area contributed by atoms with Crippen LogP contribution in [0, 0.1) is 10.5 Å². The van der Waals surface area contributed by atoms with Crippen LogP contribution in [0.3, 0.4) is 0 Å². The fourth-order valence-electron chi connectivity index (χ4n) is 2.53. The maximum atomic E-state index is 12.2. The summed E-state index contributed by atoms with van der Waals surface area (Å²) < 4.78 is 1.05. The van der Waals surface area contributed by atoms with Gasteiger partial charge in [0.2, 0.25) is 0 Å². The van der Waals surface area contributed by atoms with Gasteiger partial charge in [0.1, 0.15) is 5.75 Å². The van der Waals surface area contributed by atoms with Crippen molar-refractivity contribution in [2.75, 3.05) is 10.6 Å². The van der Waals surface area contributed by atoms with Gasteiger partial charge in [-0.05, 0) is 65.4 Å². The van der Waals surface area contributed by atoms with Crippen LogP contribution >= 0.6 is 22.6 Å². The Morgan fingerprint density at radius 2 is 1.52 bits per heavy atom. The highest BCUT2D eigenvalue weighted by atomic mass is 127. The zero-order chi connectivity index (χ0) is 18.0. The van der Waals surface area contributed by atoms with Crippen LogP contribution in [0.2, 0.25) is 0 Å². The average molecular weight is 446 g/mol. The van der Waals surface area contributed by atoms with Crippen molar-refractivity contribution >= 4 is 56.6 Å². The summed E-state index contributed by atoms with van der Waals surface area (Å²) in [4.78, 5) is 24.4. The molecule has 3 rings (SSSR count). The van der Waals surface area contributed by atoms with Gasteiger partial charge in [0.15, 0.2) is 0 Å². The molecular weight excluding hydrogens is 431 g/mol. The number of amides is 2. The molecule has 0 aromatic heterocycles. The van der Waals surface area contributed by atoms with Crippen molar-refractivity contribution in [1.29, 1.82) is 0 Å². The second-order valence-corrected chi connectivity index (χ2v) is 6.79. The van der Waals surface area contributed by atoms with Gasteiger partial charge in [0.05, 0.1) is 0 Å². The first-order valence-electron chi connectivity index (χ1n) is 7.55. The standard InChI is InChI=1S/C19H15IN2O3/c1-11-10-12(20)8-9-15(11)21-18(24)19(25)22-16-6-2-5-14-13(16)4-3-7-17(14)23/h2-10,23H,1H3,(H,21,24)(H,22,25). The van der Waals surface area contributed by atoms with Gasteiger partial charge in [0.25, 0.3) is 0 Å². The minimum atomic E-state index is -0.770. The Kier molecular flexibility index (Phi) is 4.89. The van der Waals surface area contributed by atoms with Crippen LogP contribution in [0.15, 0.2) is 54.6 Å². The number of carbonyl (C=O) groups is 2. The average Bonchev–Trinajstić information content (AvgIpc) is 2.58. The molecule has 2 amide bonds. The highest BCUT2D eigenvalue weighted by Gasteiger charge is 2.16. The third-order valence-electron chi connectivity index (χ3n) is 3.79. The second kappa shape index (κ2) is 7.10. The van der Waals surface area contributed by atoms with E-state index < -0.39 is 11.8 Å². The number of carbonyl (C=O) groups excluding carboxylic acids is 2. The van der Waals surface area contributed by atoms with Crippen molar-refractivity contribution in [3.8, 4) is 5.75 Å². The quantitative estimate of drug-likeness (QED) is 0.411. The van der Waals surface area contributed by atoms with E-state index in [1.54, 1.807) is 42.5 Å². The van der Waals surface area contributed by atoms with Gasteiger partial charge < -0.3 is 15.7 Å². The van der Waals surface area contributed by atoms with Crippen LogP contribution in [-0.2, 0) is 9.59 Å². The summed E-state index contributed by atoms with van der Waals surface area (Å²) in [6.07, 6.45) is 0. The molecule has 0 aliphatic rings. The van der Waals surface area contributed by atoms with Crippen LogP contribution in [-0.4, -0.2) is 16.9 Å². The number of nitrogens with one attached hydrogen (secondary N) is 2. The number of benzene rings is 3. The lowest BCUT2D eigenvalue weighted by molar-refractivity contribution is -0.132. The molecule has 25 heavy (non-hydrogen) atoms. The lowest BCUT2D eigenvalue weighted by Gasteiger charge is -2.11. The number of fused-ring (bicyclic) bond motifs is 1. The van der Waals surface area contributed by atoms with E-state index in [-0.39, 0.29) is 5.75 Å². The minimum Gasteiger partial charge on any atom is -0.507 e. The summed E-state index contributed by atoms with van der Waals surface area (Å²) in [5.74, 6) is -1.40. The Labute approximate surface area is 158 Å². The van der Waals surface area contributed by atoms with E-state index in [0.717, 1.165) is 9.13 Å². The zero-order valence-electron chi connectivity index (χ0n) is 13.3. The zero-order valence-corrected chi connectivity index (χ0v) is 15.5. The first kappa shape index (κ1) is 17.2. The summed E-state index contributed by atoms with van der Waals surface area (Å²) in [6.45, 7) is 1.86. The lowest BCUT2D eigenvalue weighted by Crippen LogP contribution is -2.29. The van der Waals surface area contributed by atoms with Crippen molar-refractivity contribution in [3.63, 3.8) is 0 Å². The number of aryl methyl sites for hydroxylation is 1. The molecule has 0 aliphatic carbocycles. The van der Waals surface area contributed by atoms with Crippen LogP contribution < -0.4 is 10.6 Å². The Morgan fingerprint density at radius 1 is 0.880 bits per heavy atom. The number of phenolic OH excluding ortho intramolecular Hbond substituents is 1. The molecule has 0 unspecified atom stereocenters. The smallest absolute Gasteiger partial charge is 0.314 e. The Balaban J connectivity index is 1.80. The first-order valence-corrected chi connectivity index (χ1v) is 8.63. The number of aromatic hydroxyl groups is 1. The van der Waals surface area contributed by atoms with Crippen molar-refractivity contribution < 1.29 is 14.7 Å². The van der Waals surface area contributed by atoms with Gasteiger partial charge in [-0.1, -0.05) is 24.3 Å². The van der Waals surface area contributed by atoms with E-state index in [1.165, 1.54) is 0 Å². The highest BCUT2D eigenvalue weighted by molar-refractivity contribution is 14.1. The fraction of sp³-hybridized carbons (Fsp3) is 0.0526. The van der Waals surface area contributed by atoms with Gasteiger partial charge in [-0.3, -0.25) is 9.59 Å². The predicted octanol–water partition coefficient (Wildman–Crippen LogP) is 4.04. The topological polar surface area (TPSA) is 78.4 Å². The molecule has 0 fully saturated rings. The molecule has 126 valence electrons. The third kappa shape index (κ3) is 3.74. The molecule has 0 radical (unpaired) electrons. The van der Waals surface area contributed by atoms with E-state index in [2.05, 4.69) is 33.2 Å². The molecular formula is C19H15IN2O3. The number of halogens is 1. The number of hydrogen-bond donors (Lipinski definition) is 3. The number of phenols is 1. The van der Waals surface area contributed by atoms with E-state index in [9.17, 15) is 14.7 Å². The third-order valence-corrected chi connectivity index (χ3v) is 4.46. The summed E-state index contributed by atoms with van der Waals surface area (Å²) in [7, 11) is 0. The van der Waals surface area contributed by atoms with Crippen LogP contribution in [0.1, 0.15) is 5.56 Å². The molecule has 3 aromatic carbocycles. The van der Waals surface area contributed by atoms with Gasteiger partial charge >= 0.3 is 11.8 Å². The molecule has 0 bridgehead atoms. The number of hydrogen-bond acceptors (Lipinski definition) is 3. The Morgan fingerprint density at radius 3 is 2.24 bits per heavy atom. The highest BCUT2D eigenvalue weighted by Crippen LogP contribution is 2.29. The van der Waals surface area contributed by atoms with Gasteiger partial charge in [0, 0.05) is 25.7 Å². The van der Waals surface area contributed by atoms with Crippen LogP contribution in [0.4, 0.5) is 11.4 Å². The maximum Gasteiger partial charge on any atom is 0.314 e. The molecule has 0 atom stereocenters. The predicted molar refractivity (Wildman–Crippen MR) is 107 cm³/mol. The van der Waals surface area contributed by atoms with Crippen molar-refractivity contribution in [2.24, 2.45) is 0 Å². The number of anilines is 2. The molecule has 3 aromatic rings. The van der Waals surface area contributed by atoms with E-state index >= 15 is 0 Å². The normalized spacial score (nSPS) is 10.5. The lowest BCUT2D eigenvalue weighted by atomic mass is 10.1. The SMILES string of the molecule is Cc1cc(I)ccc1NC(=O)C(=O)Nc1cccc2c(O)cccc12. The first-order chi connectivity index (χ1) is 12.0. The Hall–Kier alpha value is -2.61. The summed E-state index contributed by atoms with van der Waals surface area (Å²) in [6, 6.07) is 15.7. The van der Waals surface area contributed by atoms with Crippen molar-refractivity contribution in [1.82, 2.24) is 0 Å². The summed E-state index contributed by atoms with van der Waals surface area (Å²) >= 11 is 2.18. The van der Waals surface area contributed by atoms with E-state index in [1.807, 2.05) is 19.1 Å². The van der Waals surface area contributed by atoms with Gasteiger partial charge in [-0.25, -0.2) is 0 Å². The van der Waals surface area contributed by atoms with E-state index in [0.29, 0.717) is 22.1 Å². The summed E-state index contributed by atoms with van der Waals surface area (Å²) in [5.41, 5.74) is 1.94. The molecule has 0 aliphatic heterocycles. The monoisotopic (exact) mass is 446 g/mol. The molecule has 6 heteroatoms. The van der Waals surface area contributed by atoms with Crippen molar-refractivity contribution in [2.45, 2.75) is 6.92 Å². The molecule has 5 nitrogen and oxygen atoms in total. The second-order valence-electron chi connectivity index (χ2n) is 5.55. The number of rotatable bonds is 2. The van der Waals surface area contributed by atoms with Gasteiger partial charge in [-0.15, -0.1) is 0 Å². The minimum absolute atomic E-state index is 0.118. The molecule has 0 heterocycles. The fourth-order valence-corrected chi connectivity index (χ4v) is 3.17. The Bertz CT molecular complexity index is 986. The molecule has 3 N–H and O–H groups in total. The van der Waals surface area contributed by atoms with E-state index in [4.69, 9.17) is 0 Å². The van der Waals surface area contributed by atoms with Crippen LogP contribution in [0.25, 0.3) is 10.8 Å². The van der Waals surface area contributed by atoms with Crippen LogP contribution in [0.5, 0.6) is 5.75 Å². The molecule has 0 saturated heterocycles.